The number of hydrogen-bond donors (Lipinski definition) is 0. The van der Waals surface area contributed by atoms with Crippen LogP contribution in [-0.2, 0) is 14.7 Å². The quantitative estimate of drug-likeness (QED) is 0.428. The maximum absolute atomic E-state index is 11.0. The number of benzene rings is 1. The van der Waals surface area contributed by atoms with Gasteiger partial charge in [0.05, 0.1) is 12.0 Å². The molecule has 0 atom stereocenters. The molecule has 0 aromatic heterocycles. The number of carbonyl (C=O) groups excluding carboxylic acids is 1. The lowest BCUT2D eigenvalue weighted by Crippen LogP contribution is -2.00. The Balaban J connectivity index is 2.02. The van der Waals surface area contributed by atoms with E-state index in [4.69, 9.17) is 4.18 Å². The van der Waals surface area contributed by atoms with Crippen molar-refractivity contribution in [1.82, 2.24) is 0 Å². The van der Waals surface area contributed by atoms with Crippen molar-refractivity contribution in [2.75, 3.05) is 11.5 Å². The Hall–Kier alpha value is -0.870. The van der Waals surface area contributed by atoms with Crippen molar-refractivity contribution in [3.63, 3.8) is 0 Å². The molecule has 1 rings (SSSR count). The van der Waals surface area contributed by atoms with E-state index in [9.17, 15) is 4.79 Å². The highest BCUT2D eigenvalue weighted by Crippen LogP contribution is 2.14. The lowest BCUT2D eigenvalue weighted by molar-refractivity contribution is -0.128. The Morgan fingerprint density at radius 1 is 1.29 bits per heavy atom. The van der Waals surface area contributed by atoms with Crippen LogP contribution in [-0.4, -0.2) is 17.5 Å². The summed E-state index contributed by atoms with van der Waals surface area (Å²) in [7, 11) is 0. The van der Waals surface area contributed by atoms with Crippen LogP contribution < -0.4 is 0 Å². The zero-order valence-electron chi connectivity index (χ0n) is 9.85. The third kappa shape index (κ3) is 6.44. The van der Waals surface area contributed by atoms with Crippen molar-refractivity contribution < 1.29 is 8.98 Å². The van der Waals surface area contributed by atoms with E-state index in [1.54, 1.807) is 6.92 Å². The SMILES string of the molecule is C=C(C)C(=O)OSCCSCc1ccccc1. The van der Waals surface area contributed by atoms with Crippen LogP contribution in [0.4, 0.5) is 0 Å². The second-order valence-corrected chi connectivity index (χ2v) is 5.43. The molecule has 0 heterocycles. The van der Waals surface area contributed by atoms with E-state index in [0.717, 1.165) is 17.3 Å². The molecule has 0 saturated heterocycles. The second kappa shape index (κ2) is 8.25. The summed E-state index contributed by atoms with van der Waals surface area (Å²) in [5.74, 6) is 2.43. The van der Waals surface area contributed by atoms with Crippen molar-refractivity contribution in [3.05, 3.63) is 48.0 Å². The summed E-state index contributed by atoms with van der Waals surface area (Å²) in [6.07, 6.45) is 0. The number of rotatable bonds is 7. The first-order valence-electron chi connectivity index (χ1n) is 5.31. The van der Waals surface area contributed by atoms with Crippen LogP contribution in [0.1, 0.15) is 12.5 Å². The molecular weight excluding hydrogens is 252 g/mol. The molecule has 0 N–H and O–H groups in total. The largest absolute Gasteiger partial charge is 0.388 e. The van der Waals surface area contributed by atoms with Gasteiger partial charge in [0.2, 0.25) is 0 Å². The molecule has 1 aromatic carbocycles. The molecule has 1 aromatic rings. The van der Waals surface area contributed by atoms with Gasteiger partial charge in [-0.05, 0) is 12.5 Å². The Morgan fingerprint density at radius 2 is 2.00 bits per heavy atom. The molecule has 92 valence electrons. The third-order valence-corrected chi connectivity index (χ3v) is 3.83. The Kier molecular flexibility index (Phi) is 6.89. The molecule has 0 bridgehead atoms. The minimum absolute atomic E-state index is 0.331. The predicted octanol–water partition coefficient (Wildman–Crippen LogP) is 3.69. The van der Waals surface area contributed by atoms with Gasteiger partial charge in [-0.25, -0.2) is 4.79 Å². The molecule has 0 aliphatic heterocycles. The summed E-state index contributed by atoms with van der Waals surface area (Å²) < 4.78 is 4.92. The Labute approximate surface area is 111 Å². The highest BCUT2D eigenvalue weighted by molar-refractivity contribution is 8.00. The Morgan fingerprint density at radius 3 is 2.65 bits per heavy atom. The standard InChI is InChI=1S/C13H16O2S2/c1-11(2)13(14)15-17-9-8-16-10-12-6-4-3-5-7-12/h3-7H,1,8-10H2,2H3. The molecule has 0 aliphatic rings. The molecular formula is C13H16O2S2. The fraction of sp³-hybridized carbons (Fsp3) is 0.308. The van der Waals surface area contributed by atoms with E-state index in [2.05, 4.69) is 18.7 Å². The topological polar surface area (TPSA) is 26.3 Å². The van der Waals surface area contributed by atoms with E-state index < -0.39 is 0 Å². The van der Waals surface area contributed by atoms with Gasteiger partial charge >= 0.3 is 5.97 Å². The van der Waals surface area contributed by atoms with Crippen LogP contribution in [0, 0.1) is 0 Å². The lowest BCUT2D eigenvalue weighted by Gasteiger charge is -2.02. The van der Waals surface area contributed by atoms with Gasteiger partial charge in [-0.3, -0.25) is 0 Å². The second-order valence-electron chi connectivity index (χ2n) is 3.51. The van der Waals surface area contributed by atoms with E-state index in [1.807, 2.05) is 30.0 Å². The first-order valence-corrected chi connectivity index (χ1v) is 7.37. The van der Waals surface area contributed by atoms with Gasteiger partial charge in [0.25, 0.3) is 0 Å². The highest BCUT2D eigenvalue weighted by Gasteiger charge is 2.03. The third-order valence-electron chi connectivity index (χ3n) is 1.91. The summed E-state index contributed by atoms with van der Waals surface area (Å²) >= 11 is 3.03. The van der Waals surface area contributed by atoms with Gasteiger partial charge in [0.1, 0.15) is 0 Å². The van der Waals surface area contributed by atoms with Crippen LogP contribution in [0.2, 0.25) is 0 Å². The molecule has 4 heteroatoms. The highest BCUT2D eigenvalue weighted by atomic mass is 32.2. The van der Waals surface area contributed by atoms with E-state index in [1.165, 1.54) is 17.6 Å². The molecule has 0 spiro atoms. The predicted molar refractivity (Wildman–Crippen MR) is 76.0 cm³/mol. The molecule has 0 radical (unpaired) electrons. The monoisotopic (exact) mass is 268 g/mol. The van der Waals surface area contributed by atoms with Gasteiger partial charge in [-0.1, -0.05) is 36.9 Å². The van der Waals surface area contributed by atoms with Crippen molar-refractivity contribution in [3.8, 4) is 0 Å². The zero-order chi connectivity index (χ0) is 12.5. The van der Waals surface area contributed by atoms with E-state index in [-0.39, 0.29) is 5.97 Å². The van der Waals surface area contributed by atoms with Crippen LogP contribution in [0.3, 0.4) is 0 Å². The van der Waals surface area contributed by atoms with Gasteiger partial charge in [0.15, 0.2) is 0 Å². The van der Waals surface area contributed by atoms with Crippen molar-refractivity contribution in [2.45, 2.75) is 12.7 Å². The first-order chi connectivity index (χ1) is 8.20. The Bertz CT molecular complexity index is 363. The van der Waals surface area contributed by atoms with E-state index >= 15 is 0 Å². The summed E-state index contributed by atoms with van der Waals surface area (Å²) in [5, 5.41) is 0. The van der Waals surface area contributed by atoms with Crippen LogP contribution in [0.25, 0.3) is 0 Å². The maximum Gasteiger partial charge on any atom is 0.345 e. The smallest absolute Gasteiger partial charge is 0.345 e. The van der Waals surface area contributed by atoms with Gasteiger partial charge in [-0.15, -0.1) is 0 Å². The summed E-state index contributed by atoms with van der Waals surface area (Å²) in [6.45, 7) is 5.16. The molecule has 0 unspecified atom stereocenters. The van der Waals surface area contributed by atoms with Crippen LogP contribution >= 0.6 is 23.8 Å². The van der Waals surface area contributed by atoms with Crippen LogP contribution in [0.5, 0.6) is 0 Å². The molecule has 2 nitrogen and oxygen atoms in total. The number of carbonyl (C=O) groups is 1. The normalized spacial score (nSPS) is 9.94. The molecule has 0 saturated carbocycles. The minimum atomic E-state index is -0.331. The summed E-state index contributed by atoms with van der Waals surface area (Å²) in [6, 6.07) is 10.3. The van der Waals surface area contributed by atoms with Crippen molar-refractivity contribution in [1.29, 1.82) is 0 Å². The molecule has 17 heavy (non-hydrogen) atoms. The van der Waals surface area contributed by atoms with Crippen molar-refractivity contribution >= 4 is 29.8 Å². The van der Waals surface area contributed by atoms with Gasteiger partial charge < -0.3 is 4.18 Å². The summed E-state index contributed by atoms with van der Waals surface area (Å²) in [4.78, 5) is 11.0. The summed E-state index contributed by atoms with van der Waals surface area (Å²) in [5.41, 5.74) is 1.76. The fourth-order valence-corrected chi connectivity index (χ4v) is 2.67. The van der Waals surface area contributed by atoms with Gasteiger partial charge in [-0.2, -0.15) is 11.8 Å². The van der Waals surface area contributed by atoms with Crippen LogP contribution in [0.15, 0.2) is 42.5 Å². The number of hydrogen-bond acceptors (Lipinski definition) is 4. The minimum Gasteiger partial charge on any atom is -0.388 e. The van der Waals surface area contributed by atoms with Crippen molar-refractivity contribution in [2.24, 2.45) is 0 Å². The molecule has 0 fully saturated rings. The van der Waals surface area contributed by atoms with E-state index in [0.29, 0.717) is 5.57 Å². The average molecular weight is 268 g/mol. The average Bonchev–Trinajstić information content (AvgIpc) is 2.34. The molecule has 0 amide bonds. The maximum atomic E-state index is 11.0. The zero-order valence-corrected chi connectivity index (χ0v) is 11.5. The molecule has 0 aliphatic carbocycles. The number of thioether (sulfide) groups is 1. The first kappa shape index (κ1) is 14.2. The lowest BCUT2D eigenvalue weighted by atomic mass is 10.2. The fourth-order valence-electron chi connectivity index (χ4n) is 1.02. The van der Waals surface area contributed by atoms with Gasteiger partial charge in [0, 0.05) is 22.8 Å².